The van der Waals surface area contributed by atoms with Gasteiger partial charge in [-0.05, 0) is 34.1 Å². The number of nitrogens with one attached hydrogen (secondary N) is 1. The normalized spacial score (nSPS) is 10.2. The zero-order chi connectivity index (χ0) is 11.5. The van der Waals surface area contributed by atoms with Crippen LogP contribution in [0.1, 0.15) is 0 Å². The van der Waals surface area contributed by atoms with Gasteiger partial charge in [0.2, 0.25) is 5.95 Å². The molecule has 1 aromatic heterocycles. The second-order valence-electron chi connectivity index (χ2n) is 2.97. The third-order valence-electron chi connectivity index (χ3n) is 1.80. The minimum atomic E-state index is 0.507. The topological polar surface area (TPSA) is 37.8 Å². The van der Waals surface area contributed by atoms with E-state index in [0.717, 1.165) is 14.6 Å². The Morgan fingerprint density at radius 3 is 2.38 bits per heavy atom. The Kier molecular flexibility index (Phi) is 3.78. The Labute approximate surface area is 115 Å². The van der Waals surface area contributed by atoms with Gasteiger partial charge in [0.25, 0.3) is 0 Å². The van der Waals surface area contributed by atoms with Gasteiger partial charge in [0.15, 0.2) is 0 Å². The minimum Gasteiger partial charge on any atom is -0.323 e. The minimum absolute atomic E-state index is 0.507. The van der Waals surface area contributed by atoms with Crippen molar-refractivity contribution in [3.05, 3.63) is 44.6 Å². The second kappa shape index (κ2) is 5.12. The molecule has 1 N–H and O–H groups in total. The Hall–Kier alpha value is -0.650. The first-order chi connectivity index (χ1) is 7.65. The molecule has 0 fully saturated rings. The summed E-state index contributed by atoms with van der Waals surface area (Å²) in [4.78, 5) is 8.20. The lowest BCUT2D eigenvalue weighted by Gasteiger charge is -2.06. The van der Waals surface area contributed by atoms with Gasteiger partial charge in [-0.15, -0.1) is 0 Å². The van der Waals surface area contributed by atoms with Gasteiger partial charge in [0.05, 0.1) is 15.2 Å². The van der Waals surface area contributed by atoms with Gasteiger partial charge in [-0.3, -0.25) is 0 Å². The van der Waals surface area contributed by atoms with Crippen LogP contribution in [-0.4, -0.2) is 9.97 Å². The maximum atomic E-state index is 6.05. The van der Waals surface area contributed by atoms with Crippen molar-refractivity contribution in [2.24, 2.45) is 0 Å². The van der Waals surface area contributed by atoms with Gasteiger partial charge >= 0.3 is 0 Å². The van der Waals surface area contributed by atoms with Crippen molar-refractivity contribution in [1.29, 1.82) is 0 Å². The van der Waals surface area contributed by atoms with Crippen LogP contribution < -0.4 is 5.32 Å². The fourth-order valence-corrected chi connectivity index (χ4v) is 2.01. The number of nitrogens with zero attached hydrogens (tertiary/aromatic N) is 2. The van der Waals surface area contributed by atoms with Gasteiger partial charge in [0.1, 0.15) is 0 Å². The lowest BCUT2D eigenvalue weighted by atomic mass is 10.3. The molecule has 1 heterocycles. The molecule has 2 rings (SSSR count). The molecule has 0 radical (unpaired) electrons. The molecule has 6 heteroatoms. The molecule has 0 saturated heterocycles. The van der Waals surface area contributed by atoms with E-state index in [0.29, 0.717) is 11.0 Å². The van der Waals surface area contributed by atoms with Crippen LogP contribution in [-0.2, 0) is 0 Å². The van der Waals surface area contributed by atoms with Gasteiger partial charge < -0.3 is 5.32 Å². The van der Waals surface area contributed by atoms with Gasteiger partial charge in [0, 0.05) is 16.9 Å². The molecule has 16 heavy (non-hydrogen) atoms. The molecule has 3 nitrogen and oxygen atoms in total. The third-order valence-corrected chi connectivity index (χ3v) is 3.01. The van der Waals surface area contributed by atoms with Crippen LogP contribution in [0.2, 0.25) is 5.02 Å². The molecule has 0 saturated carbocycles. The lowest BCUT2D eigenvalue weighted by molar-refractivity contribution is 1.15. The number of rotatable bonds is 2. The summed E-state index contributed by atoms with van der Waals surface area (Å²) >= 11 is 12.7. The van der Waals surface area contributed by atoms with E-state index in [-0.39, 0.29) is 0 Å². The Bertz CT molecular complexity index is 502. The monoisotopic (exact) mass is 361 g/mol. The standard InChI is InChI=1S/C10H6Br2ClN3/c11-6-1-2-9(8(13)3-6)16-10-14-4-7(12)5-15-10/h1-5H,(H,14,15,16). The number of hydrogen-bond donors (Lipinski definition) is 1. The molecule has 0 bridgehead atoms. The van der Waals surface area contributed by atoms with Crippen LogP contribution in [0.15, 0.2) is 39.5 Å². The number of aromatic nitrogens is 2. The Balaban J connectivity index is 2.23. The highest BCUT2D eigenvalue weighted by atomic mass is 79.9. The van der Waals surface area contributed by atoms with Crippen molar-refractivity contribution in [1.82, 2.24) is 9.97 Å². The van der Waals surface area contributed by atoms with E-state index in [1.807, 2.05) is 18.2 Å². The van der Waals surface area contributed by atoms with Gasteiger partial charge in [-0.25, -0.2) is 9.97 Å². The van der Waals surface area contributed by atoms with Crippen LogP contribution in [0.3, 0.4) is 0 Å². The van der Waals surface area contributed by atoms with E-state index in [4.69, 9.17) is 11.6 Å². The Morgan fingerprint density at radius 1 is 1.06 bits per heavy atom. The highest BCUT2D eigenvalue weighted by Gasteiger charge is 2.02. The van der Waals surface area contributed by atoms with Crippen LogP contribution in [0.5, 0.6) is 0 Å². The zero-order valence-corrected chi connectivity index (χ0v) is 11.8. The van der Waals surface area contributed by atoms with E-state index in [1.165, 1.54) is 0 Å². The summed E-state index contributed by atoms with van der Waals surface area (Å²) < 4.78 is 1.76. The smallest absolute Gasteiger partial charge is 0.227 e. The SMILES string of the molecule is Clc1cc(Br)ccc1Nc1ncc(Br)cn1. The number of halogens is 3. The summed E-state index contributed by atoms with van der Waals surface area (Å²) in [6, 6.07) is 5.56. The van der Waals surface area contributed by atoms with Crippen LogP contribution in [0.25, 0.3) is 0 Å². The van der Waals surface area contributed by atoms with E-state index in [2.05, 4.69) is 47.1 Å². The quantitative estimate of drug-likeness (QED) is 0.859. The highest BCUT2D eigenvalue weighted by Crippen LogP contribution is 2.27. The first-order valence-electron chi connectivity index (χ1n) is 4.35. The summed E-state index contributed by atoms with van der Waals surface area (Å²) in [5, 5.41) is 3.64. The van der Waals surface area contributed by atoms with E-state index < -0.39 is 0 Å². The van der Waals surface area contributed by atoms with Gasteiger partial charge in [-0.1, -0.05) is 27.5 Å². The van der Waals surface area contributed by atoms with Crippen molar-refractivity contribution in [2.75, 3.05) is 5.32 Å². The zero-order valence-electron chi connectivity index (χ0n) is 7.92. The summed E-state index contributed by atoms with van der Waals surface area (Å²) in [6.07, 6.45) is 3.34. The summed E-state index contributed by atoms with van der Waals surface area (Å²) in [5.41, 5.74) is 0.771. The number of hydrogen-bond acceptors (Lipinski definition) is 3. The van der Waals surface area contributed by atoms with E-state index >= 15 is 0 Å². The molecule has 0 aliphatic rings. The first kappa shape index (κ1) is 11.8. The van der Waals surface area contributed by atoms with Crippen LogP contribution in [0.4, 0.5) is 11.6 Å². The Morgan fingerprint density at radius 2 is 1.75 bits per heavy atom. The van der Waals surface area contributed by atoms with Crippen molar-refractivity contribution in [3.8, 4) is 0 Å². The van der Waals surface area contributed by atoms with E-state index in [9.17, 15) is 0 Å². The average Bonchev–Trinajstić information content (AvgIpc) is 2.25. The molecule has 0 amide bonds. The van der Waals surface area contributed by atoms with Gasteiger partial charge in [-0.2, -0.15) is 0 Å². The van der Waals surface area contributed by atoms with Crippen molar-refractivity contribution < 1.29 is 0 Å². The fourth-order valence-electron chi connectivity index (χ4n) is 1.09. The molecular formula is C10H6Br2ClN3. The molecule has 82 valence electrons. The second-order valence-corrected chi connectivity index (χ2v) is 5.21. The highest BCUT2D eigenvalue weighted by molar-refractivity contribution is 9.10. The first-order valence-corrected chi connectivity index (χ1v) is 6.31. The molecule has 0 aliphatic carbocycles. The van der Waals surface area contributed by atoms with Crippen molar-refractivity contribution in [3.63, 3.8) is 0 Å². The summed E-state index contributed by atoms with van der Waals surface area (Å²) in [5.74, 6) is 0.507. The van der Waals surface area contributed by atoms with Crippen molar-refractivity contribution >= 4 is 55.1 Å². The maximum Gasteiger partial charge on any atom is 0.227 e. The summed E-state index contributed by atoms with van der Waals surface area (Å²) in [6.45, 7) is 0. The molecular weight excluding hydrogens is 357 g/mol. The largest absolute Gasteiger partial charge is 0.323 e. The van der Waals surface area contributed by atoms with E-state index in [1.54, 1.807) is 12.4 Å². The molecule has 0 atom stereocenters. The number of anilines is 2. The molecule has 0 spiro atoms. The molecule has 1 aromatic carbocycles. The predicted molar refractivity (Wildman–Crippen MR) is 72.2 cm³/mol. The fraction of sp³-hybridized carbons (Fsp3) is 0. The molecule has 0 aliphatic heterocycles. The third kappa shape index (κ3) is 2.93. The average molecular weight is 363 g/mol. The molecule has 2 aromatic rings. The number of benzene rings is 1. The van der Waals surface area contributed by atoms with Crippen molar-refractivity contribution in [2.45, 2.75) is 0 Å². The van der Waals surface area contributed by atoms with Crippen LogP contribution >= 0.6 is 43.5 Å². The lowest BCUT2D eigenvalue weighted by Crippen LogP contribution is -1.96. The van der Waals surface area contributed by atoms with Crippen LogP contribution in [0, 0.1) is 0 Å². The predicted octanol–water partition coefficient (Wildman–Crippen LogP) is 4.40. The molecule has 0 unspecified atom stereocenters. The maximum absolute atomic E-state index is 6.05. The summed E-state index contributed by atoms with van der Waals surface area (Å²) in [7, 11) is 0.